The first-order valence-electron chi connectivity index (χ1n) is 5.01. The number of benzene rings is 1. The van der Waals surface area contributed by atoms with Crippen molar-refractivity contribution in [2.24, 2.45) is 0 Å². The number of aryl methyl sites for hydroxylation is 1. The standard InChI is InChI=1S/C11H10F3NO3/c1-5-3-6-7(4-8(5)18-2)15-9(16)10(6,17)11(12,13)14/h3-4,17H,1-2H3,(H,15,16)/t10-/m0/s1. The Bertz CT molecular complexity index is 527. The minimum Gasteiger partial charge on any atom is -0.496 e. The highest BCUT2D eigenvalue weighted by atomic mass is 19.4. The summed E-state index contributed by atoms with van der Waals surface area (Å²) >= 11 is 0. The Morgan fingerprint density at radius 1 is 1.39 bits per heavy atom. The molecule has 4 nitrogen and oxygen atoms in total. The molecule has 1 aromatic rings. The lowest BCUT2D eigenvalue weighted by Crippen LogP contribution is -2.47. The second-order valence-corrected chi connectivity index (χ2v) is 4.03. The van der Waals surface area contributed by atoms with Gasteiger partial charge >= 0.3 is 6.18 Å². The van der Waals surface area contributed by atoms with Crippen molar-refractivity contribution in [3.05, 3.63) is 23.3 Å². The van der Waals surface area contributed by atoms with E-state index in [0.29, 0.717) is 11.3 Å². The fourth-order valence-corrected chi connectivity index (χ4v) is 1.93. The Kier molecular flexibility index (Phi) is 2.55. The van der Waals surface area contributed by atoms with Crippen molar-refractivity contribution in [2.75, 3.05) is 12.4 Å². The molecule has 0 saturated carbocycles. The van der Waals surface area contributed by atoms with Crippen molar-refractivity contribution in [2.45, 2.75) is 18.7 Å². The van der Waals surface area contributed by atoms with Crippen molar-refractivity contribution in [1.82, 2.24) is 0 Å². The van der Waals surface area contributed by atoms with Crippen LogP contribution in [0.2, 0.25) is 0 Å². The van der Waals surface area contributed by atoms with E-state index in [1.165, 1.54) is 20.1 Å². The first kappa shape index (κ1) is 12.7. The van der Waals surface area contributed by atoms with Gasteiger partial charge in [0.05, 0.1) is 12.8 Å². The van der Waals surface area contributed by atoms with Gasteiger partial charge < -0.3 is 15.2 Å². The molecular weight excluding hydrogens is 251 g/mol. The third-order valence-corrected chi connectivity index (χ3v) is 2.91. The average Bonchev–Trinajstić information content (AvgIpc) is 2.51. The van der Waals surface area contributed by atoms with Crippen LogP contribution < -0.4 is 10.1 Å². The topological polar surface area (TPSA) is 58.6 Å². The summed E-state index contributed by atoms with van der Waals surface area (Å²) in [7, 11) is 1.36. The van der Waals surface area contributed by atoms with Crippen LogP contribution in [-0.2, 0) is 10.4 Å². The number of fused-ring (bicyclic) bond motifs is 1. The van der Waals surface area contributed by atoms with Gasteiger partial charge in [-0.05, 0) is 18.6 Å². The summed E-state index contributed by atoms with van der Waals surface area (Å²) in [6, 6.07) is 2.35. The van der Waals surface area contributed by atoms with Crippen molar-refractivity contribution in [3.8, 4) is 5.75 Å². The van der Waals surface area contributed by atoms with Gasteiger partial charge in [0.1, 0.15) is 5.75 Å². The van der Waals surface area contributed by atoms with Crippen molar-refractivity contribution < 1.29 is 27.8 Å². The van der Waals surface area contributed by atoms with E-state index < -0.39 is 23.2 Å². The third-order valence-electron chi connectivity index (χ3n) is 2.91. The fraction of sp³-hybridized carbons (Fsp3) is 0.364. The Morgan fingerprint density at radius 2 is 2.00 bits per heavy atom. The van der Waals surface area contributed by atoms with Gasteiger partial charge in [0.2, 0.25) is 0 Å². The normalized spacial score (nSPS) is 22.7. The first-order chi connectivity index (χ1) is 8.21. The molecule has 0 aromatic heterocycles. The predicted octanol–water partition coefficient (Wildman–Crippen LogP) is 1.71. The molecule has 2 rings (SSSR count). The maximum absolute atomic E-state index is 12.8. The molecule has 0 saturated heterocycles. The highest BCUT2D eigenvalue weighted by Gasteiger charge is 2.64. The number of carbonyl (C=O) groups excluding carboxylic acids is 1. The second-order valence-electron chi connectivity index (χ2n) is 4.03. The van der Waals surface area contributed by atoms with E-state index in [1.54, 1.807) is 0 Å². The van der Waals surface area contributed by atoms with Crippen LogP contribution in [0.1, 0.15) is 11.1 Å². The predicted molar refractivity (Wildman–Crippen MR) is 56.3 cm³/mol. The maximum atomic E-state index is 12.8. The summed E-state index contributed by atoms with van der Waals surface area (Å²) < 4.78 is 43.5. The molecule has 1 aliphatic heterocycles. The molecule has 7 heteroatoms. The fourth-order valence-electron chi connectivity index (χ4n) is 1.93. The molecular formula is C11H10F3NO3. The number of anilines is 1. The molecule has 2 N–H and O–H groups in total. The van der Waals surface area contributed by atoms with E-state index in [2.05, 4.69) is 0 Å². The van der Waals surface area contributed by atoms with Crippen molar-refractivity contribution >= 4 is 11.6 Å². The van der Waals surface area contributed by atoms with Crippen LogP contribution in [0.3, 0.4) is 0 Å². The van der Waals surface area contributed by atoms with Crippen LogP contribution in [0.15, 0.2) is 12.1 Å². The molecule has 0 aliphatic carbocycles. The van der Waals surface area contributed by atoms with E-state index in [9.17, 15) is 23.1 Å². The van der Waals surface area contributed by atoms with Crippen molar-refractivity contribution in [1.29, 1.82) is 0 Å². The van der Waals surface area contributed by atoms with Crippen LogP contribution in [0, 0.1) is 6.92 Å². The van der Waals surface area contributed by atoms with Gasteiger partial charge in [-0.15, -0.1) is 0 Å². The lowest BCUT2D eigenvalue weighted by Gasteiger charge is -2.24. The Hall–Kier alpha value is -1.76. The first-order valence-corrected chi connectivity index (χ1v) is 5.01. The number of aliphatic hydroxyl groups is 1. The number of alkyl halides is 3. The number of methoxy groups -OCH3 is 1. The van der Waals surface area contributed by atoms with Gasteiger partial charge in [-0.1, -0.05) is 0 Å². The number of rotatable bonds is 1. The number of nitrogens with one attached hydrogen (secondary N) is 1. The van der Waals surface area contributed by atoms with Crippen LogP contribution in [-0.4, -0.2) is 24.3 Å². The lowest BCUT2D eigenvalue weighted by molar-refractivity contribution is -0.252. The monoisotopic (exact) mass is 261 g/mol. The van der Waals surface area contributed by atoms with Gasteiger partial charge in [-0.3, -0.25) is 4.79 Å². The molecule has 0 unspecified atom stereocenters. The summed E-state index contributed by atoms with van der Waals surface area (Å²) in [5, 5.41) is 11.7. The molecule has 0 radical (unpaired) electrons. The Labute approximate surface area is 100 Å². The molecule has 18 heavy (non-hydrogen) atoms. The van der Waals surface area contributed by atoms with Crippen LogP contribution in [0.25, 0.3) is 0 Å². The van der Waals surface area contributed by atoms with E-state index in [1.807, 2.05) is 5.32 Å². The zero-order valence-corrected chi connectivity index (χ0v) is 9.55. The van der Waals surface area contributed by atoms with E-state index in [4.69, 9.17) is 4.74 Å². The number of hydrogen-bond acceptors (Lipinski definition) is 3. The Balaban J connectivity index is 2.67. The summed E-state index contributed by atoms with van der Waals surface area (Å²) in [4.78, 5) is 11.4. The summed E-state index contributed by atoms with van der Waals surface area (Å²) in [5.41, 5.74) is -3.70. The van der Waals surface area contributed by atoms with Gasteiger partial charge in [0.25, 0.3) is 11.5 Å². The highest BCUT2D eigenvalue weighted by molar-refractivity contribution is 6.05. The smallest absolute Gasteiger partial charge is 0.430 e. The van der Waals surface area contributed by atoms with Gasteiger partial charge in [0, 0.05) is 11.6 Å². The largest absolute Gasteiger partial charge is 0.496 e. The van der Waals surface area contributed by atoms with Gasteiger partial charge in [-0.25, -0.2) is 0 Å². The van der Waals surface area contributed by atoms with Crippen molar-refractivity contribution in [3.63, 3.8) is 0 Å². The quantitative estimate of drug-likeness (QED) is 0.809. The third kappa shape index (κ3) is 1.47. The Morgan fingerprint density at radius 3 is 2.50 bits per heavy atom. The molecule has 1 atom stereocenters. The molecule has 1 aliphatic rings. The number of carbonyl (C=O) groups is 1. The van der Waals surface area contributed by atoms with Gasteiger partial charge in [0.15, 0.2) is 0 Å². The molecule has 0 spiro atoms. The summed E-state index contributed by atoms with van der Waals surface area (Å²) in [6.07, 6.45) is -5.08. The molecule has 1 heterocycles. The lowest BCUT2D eigenvalue weighted by atomic mass is 9.93. The summed E-state index contributed by atoms with van der Waals surface area (Å²) in [5.74, 6) is -1.17. The average molecular weight is 261 g/mol. The molecule has 0 fully saturated rings. The zero-order chi connectivity index (χ0) is 13.7. The maximum Gasteiger partial charge on any atom is 0.430 e. The number of hydrogen-bond donors (Lipinski definition) is 2. The minimum atomic E-state index is -5.08. The van der Waals surface area contributed by atoms with E-state index >= 15 is 0 Å². The zero-order valence-electron chi connectivity index (χ0n) is 9.55. The SMILES string of the molecule is COc1cc2c(cc1C)[C@@](O)(C(F)(F)F)C(=O)N2. The number of halogens is 3. The van der Waals surface area contributed by atoms with E-state index in [0.717, 1.165) is 6.07 Å². The van der Waals surface area contributed by atoms with Gasteiger partial charge in [-0.2, -0.15) is 13.2 Å². The number of amides is 1. The van der Waals surface area contributed by atoms with Crippen LogP contribution in [0.4, 0.5) is 18.9 Å². The second kappa shape index (κ2) is 3.61. The van der Waals surface area contributed by atoms with Crippen LogP contribution in [0.5, 0.6) is 5.75 Å². The van der Waals surface area contributed by atoms with Crippen LogP contribution >= 0.6 is 0 Å². The summed E-state index contributed by atoms with van der Waals surface area (Å²) in [6.45, 7) is 1.53. The highest BCUT2D eigenvalue weighted by Crippen LogP contribution is 2.48. The molecule has 0 bridgehead atoms. The number of ether oxygens (including phenoxy) is 1. The molecule has 1 amide bonds. The van der Waals surface area contributed by atoms with E-state index in [-0.39, 0.29) is 5.69 Å². The molecule has 1 aromatic carbocycles. The minimum absolute atomic E-state index is 0.0951. The molecule has 98 valence electrons.